The van der Waals surface area contributed by atoms with Crippen molar-refractivity contribution in [1.82, 2.24) is 0 Å². The molecular weight excluding hydrogens is 360 g/mol. The highest BCUT2D eigenvalue weighted by Gasteiger charge is 2.27. The Labute approximate surface area is 154 Å². The Kier molecular flexibility index (Phi) is 5.25. The third kappa shape index (κ3) is 3.71. The molecule has 7 heteroatoms. The van der Waals surface area contributed by atoms with Crippen molar-refractivity contribution in [3.05, 3.63) is 64.7 Å². The maximum Gasteiger partial charge on any atom is 0.345 e. The summed E-state index contributed by atoms with van der Waals surface area (Å²) in [6.07, 6.45) is 0.0660. The van der Waals surface area contributed by atoms with Gasteiger partial charge in [-0.15, -0.1) is 11.6 Å². The van der Waals surface area contributed by atoms with E-state index in [4.69, 9.17) is 21.1 Å². The first-order valence-electron chi connectivity index (χ1n) is 7.67. The zero-order valence-electron chi connectivity index (χ0n) is 13.8. The number of ether oxygens (including phenoxy) is 3. The summed E-state index contributed by atoms with van der Waals surface area (Å²) in [6.45, 7) is 0. The predicted molar refractivity (Wildman–Crippen MR) is 94.0 cm³/mol. The van der Waals surface area contributed by atoms with Crippen LogP contribution in [0.2, 0.25) is 0 Å². The van der Waals surface area contributed by atoms with E-state index in [2.05, 4.69) is 4.74 Å². The van der Waals surface area contributed by atoms with Crippen molar-refractivity contribution in [2.75, 3.05) is 7.11 Å². The van der Waals surface area contributed by atoms with Crippen LogP contribution in [0.4, 0.5) is 0 Å². The van der Waals surface area contributed by atoms with Gasteiger partial charge in [0, 0.05) is 11.4 Å². The number of aliphatic hydroxyl groups excluding tert-OH is 1. The topological polar surface area (TPSA) is 82.1 Å². The molecule has 26 heavy (non-hydrogen) atoms. The molecule has 0 aromatic heterocycles. The van der Waals surface area contributed by atoms with Crippen LogP contribution in [0.15, 0.2) is 48.0 Å². The number of carbonyl (C=O) groups excluding carboxylic acids is 2. The van der Waals surface area contributed by atoms with Gasteiger partial charge in [-0.2, -0.15) is 0 Å². The van der Waals surface area contributed by atoms with Crippen LogP contribution in [-0.4, -0.2) is 30.4 Å². The Morgan fingerprint density at radius 2 is 1.88 bits per heavy atom. The third-order valence-electron chi connectivity index (χ3n) is 3.77. The van der Waals surface area contributed by atoms with Crippen LogP contribution < -0.4 is 9.47 Å². The van der Waals surface area contributed by atoms with Crippen LogP contribution in [0.3, 0.4) is 0 Å². The summed E-state index contributed by atoms with van der Waals surface area (Å²) in [5, 5.41) is 10.1. The molecule has 0 radical (unpaired) electrons. The number of benzene rings is 2. The molecule has 2 aromatic rings. The minimum atomic E-state index is -1.44. The fourth-order valence-electron chi connectivity index (χ4n) is 2.43. The number of alkyl halides is 1. The number of methoxy groups -OCH3 is 1. The summed E-state index contributed by atoms with van der Waals surface area (Å²) in [5.74, 6) is -0.268. The summed E-state index contributed by atoms with van der Waals surface area (Å²) >= 11 is 5.81. The number of aliphatic hydroxyl groups is 1. The molecule has 0 aliphatic carbocycles. The van der Waals surface area contributed by atoms with Crippen molar-refractivity contribution in [1.29, 1.82) is 0 Å². The molecule has 0 spiro atoms. The maximum atomic E-state index is 12.4. The SMILES string of the molecule is COC(=O)c1ccc(OC(=O)C2=Cc3cc(CCl)ccc3OC2O)cc1. The Balaban J connectivity index is 1.80. The molecule has 1 aliphatic heterocycles. The number of esters is 2. The molecule has 1 heterocycles. The summed E-state index contributed by atoms with van der Waals surface area (Å²) in [7, 11) is 1.28. The molecule has 1 unspecified atom stereocenters. The van der Waals surface area contributed by atoms with Crippen LogP contribution in [0.1, 0.15) is 21.5 Å². The maximum absolute atomic E-state index is 12.4. The second kappa shape index (κ2) is 7.59. The second-order valence-corrected chi connectivity index (χ2v) is 5.75. The van der Waals surface area contributed by atoms with Gasteiger partial charge < -0.3 is 19.3 Å². The number of halogens is 1. The van der Waals surface area contributed by atoms with E-state index in [0.717, 1.165) is 5.56 Å². The Hall–Kier alpha value is -2.83. The van der Waals surface area contributed by atoms with Gasteiger partial charge in [0.15, 0.2) is 0 Å². The van der Waals surface area contributed by atoms with E-state index < -0.39 is 18.2 Å². The molecule has 0 amide bonds. The smallest absolute Gasteiger partial charge is 0.345 e. The van der Waals surface area contributed by atoms with Crippen molar-refractivity contribution in [3.8, 4) is 11.5 Å². The summed E-state index contributed by atoms with van der Waals surface area (Å²) in [5.41, 5.74) is 1.77. The molecule has 0 fully saturated rings. The van der Waals surface area contributed by atoms with Crippen LogP contribution in [-0.2, 0) is 15.4 Å². The van der Waals surface area contributed by atoms with Gasteiger partial charge in [0.25, 0.3) is 0 Å². The third-order valence-corrected chi connectivity index (χ3v) is 4.07. The lowest BCUT2D eigenvalue weighted by atomic mass is 10.0. The minimum Gasteiger partial charge on any atom is -0.465 e. The van der Waals surface area contributed by atoms with Gasteiger partial charge in [0.1, 0.15) is 17.1 Å². The molecule has 6 nitrogen and oxygen atoms in total. The predicted octanol–water partition coefficient (Wildman–Crippen LogP) is 2.91. The van der Waals surface area contributed by atoms with Gasteiger partial charge in [0.2, 0.25) is 6.29 Å². The van der Waals surface area contributed by atoms with Crippen LogP contribution in [0.5, 0.6) is 11.5 Å². The molecule has 1 atom stereocenters. The highest BCUT2D eigenvalue weighted by Crippen LogP contribution is 2.31. The number of hydrogen-bond acceptors (Lipinski definition) is 6. The number of hydrogen-bond donors (Lipinski definition) is 1. The average molecular weight is 375 g/mol. The molecule has 3 rings (SSSR count). The monoisotopic (exact) mass is 374 g/mol. The van der Waals surface area contributed by atoms with Crippen molar-refractivity contribution in [3.63, 3.8) is 0 Å². The Bertz CT molecular complexity index is 872. The van der Waals surface area contributed by atoms with Crippen LogP contribution in [0, 0.1) is 0 Å². The zero-order chi connectivity index (χ0) is 18.7. The van der Waals surface area contributed by atoms with Gasteiger partial charge >= 0.3 is 11.9 Å². The largest absolute Gasteiger partial charge is 0.465 e. The van der Waals surface area contributed by atoms with E-state index in [-0.39, 0.29) is 11.3 Å². The Morgan fingerprint density at radius 1 is 1.15 bits per heavy atom. The van der Waals surface area contributed by atoms with Crippen molar-refractivity contribution in [2.24, 2.45) is 0 Å². The first-order chi connectivity index (χ1) is 12.5. The molecule has 0 bridgehead atoms. The molecule has 1 N–H and O–H groups in total. The van der Waals surface area contributed by atoms with E-state index in [1.165, 1.54) is 37.5 Å². The van der Waals surface area contributed by atoms with Crippen molar-refractivity contribution >= 4 is 29.6 Å². The highest BCUT2D eigenvalue weighted by molar-refractivity contribution is 6.17. The van der Waals surface area contributed by atoms with E-state index >= 15 is 0 Å². The van der Waals surface area contributed by atoms with E-state index in [1.807, 2.05) is 0 Å². The quantitative estimate of drug-likeness (QED) is 0.503. The summed E-state index contributed by atoms with van der Waals surface area (Å²) < 4.78 is 15.2. The molecule has 2 aromatic carbocycles. The average Bonchev–Trinajstić information content (AvgIpc) is 2.67. The van der Waals surface area contributed by atoms with Crippen LogP contribution >= 0.6 is 11.6 Å². The summed E-state index contributed by atoms with van der Waals surface area (Å²) in [4.78, 5) is 23.8. The normalized spacial score (nSPS) is 15.3. The second-order valence-electron chi connectivity index (χ2n) is 5.48. The number of fused-ring (bicyclic) bond motifs is 1. The van der Waals surface area contributed by atoms with Crippen molar-refractivity contribution in [2.45, 2.75) is 12.2 Å². The fraction of sp³-hybridized carbons (Fsp3) is 0.158. The van der Waals surface area contributed by atoms with Gasteiger partial charge in [-0.1, -0.05) is 6.07 Å². The molecular formula is C19H15ClO6. The molecule has 0 saturated heterocycles. The van der Waals surface area contributed by atoms with E-state index in [1.54, 1.807) is 18.2 Å². The van der Waals surface area contributed by atoms with Crippen molar-refractivity contribution < 1.29 is 28.9 Å². The molecule has 1 aliphatic rings. The minimum absolute atomic E-state index is 0.0405. The lowest BCUT2D eigenvalue weighted by Gasteiger charge is -2.22. The molecule has 134 valence electrons. The lowest BCUT2D eigenvalue weighted by molar-refractivity contribution is -0.133. The zero-order valence-corrected chi connectivity index (χ0v) is 14.5. The molecule has 0 saturated carbocycles. The van der Waals surface area contributed by atoms with Gasteiger partial charge in [-0.05, 0) is 48.0 Å². The van der Waals surface area contributed by atoms with Gasteiger partial charge in [-0.3, -0.25) is 0 Å². The van der Waals surface area contributed by atoms with Crippen LogP contribution in [0.25, 0.3) is 6.08 Å². The Morgan fingerprint density at radius 3 is 2.54 bits per heavy atom. The first kappa shape index (κ1) is 18.0. The lowest BCUT2D eigenvalue weighted by Crippen LogP contribution is -2.29. The standard InChI is InChI=1S/C19H15ClO6/c1-24-17(21)12-3-5-14(6-4-12)25-18(22)15-9-13-8-11(10-20)2-7-16(13)26-19(15)23/h2-9,19,23H,10H2,1H3. The summed E-state index contributed by atoms with van der Waals surface area (Å²) in [6, 6.07) is 11.1. The highest BCUT2D eigenvalue weighted by atomic mass is 35.5. The van der Waals surface area contributed by atoms with E-state index in [9.17, 15) is 14.7 Å². The van der Waals surface area contributed by atoms with Gasteiger partial charge in [0.05, 0.1) is 12.7 Å². The van der Waals surface area contributed by atoms with Gasteiger partial charge in [-0.25, -0.2) is 9.59 Å². The number of carbonyl (C=O) groups is 2. The van der Waals surface area contributed by atoms with E-state index in [0.29, 0.717) is 22.8 Å². The first-order valence-corrected chi connectivity index (χ1v) is 8.21. The fourth-order valence-corrected chi connectivity index (χ4v) is 2.59. The number of rotatable bonds is 4.